The van der Waals surface area contributed by atoms with E-state index in [4.69, 9.17) is 14.2 Å². The van der Waals surface area contributed by atoms with Gasteiger partial charge < -0.3 is 19.3 Å². The van der Waals surface area contributed by atoms with Crippen molar-refractivity contribution in [2.24, 2.45) is 0 Å². The molecule has 0 fully saturated rings. The average Bonchev–Trinajstić information content (AvgIpc) is 2.83. The summed E-state index contributed by atoms with van der Waals surface area (Å²) in [5, 5.41) is 10.7. The maximum absolute atomic E-state index is 10.7. The minimum absolute atomic E-state index is 0.0427. The van der Waals surface area contributed by atoms with E-state index in [2.05, 4.69) is 0 Å². The van der Waals surface area contributed by atoms with Crippen LogP contribution in [0.25, 0.3) is 0 Å². The molecule has 0 saturated heterocycles. The Morgan fingerprint density at radius 1 is 0.484 bits per heavy atom. The lowest BCUT2D eigenvalue weighted by atomic mass is 10.2. The van der Waals surface area contributed by atoms with E-state index < -0.39 is 0 Å². The van der Waals surface area contributed by atoms with Crippen LogP contribution in [0.2, 0.25) is 0 Å². The first kappa shape index (κ1) is 20.4. The Balaban J connectivity index is 1.54. The summed E-state index contributed by atoms with van der Waals surface area (Å²) in [5.74, 6) is 1.15. The molecule has 0 amide bonds. The van der Waals surface area contributed by atoms with E-state index in [-0.39, 0.29) is 5.75 Å². The lowest BCUT2D eigenvalue weighted by Gasteiger charge is -2.16. The van der Waals surface area contributed by atoms with E-state index in [1.54, 1.807) is 12.1 Å². The van der Waals surface area contributed by atoms with Crippen molar-refractivity contribution in [2.75, 3.05) is 0 Å². The smallest absolute Gasteiger partial charge is 0.201 e. The van der Waals surface area contributed by atoms with Gasteiger partial charge in [-0.05, 0) is 16.7 Å². The van der Waals surface area contributed by atoms with Crippen LogP contribution in [0, 0.1) is 0 Å². The first-order chi connectivity index (χ1) is 15.3. The van der Waals surface area contributed by atoms with Crippen LogP contribution in [-0.4, -0.2) is 5.11 Å². The van der Waals surface area contributed by atoms with Gasteiger partial charge in [-0.1, -0.05) is 91.0 Å². The molecule has 0 spiro atoms. The maximum atomic E-state index is 10.7. The van der Waals surface area contributed by atoms with E-state index >= 15 is 0 Å². The van der Waals surface area contributed by atoms with Crippen LogP contribution in [-0.2, 0) is 19.8 Å². The average molecular weight is 412 g/mol. The Morgan fingerprint density at radius 2 is 0.839 bits per heavy atom. The molecule has 4 heteroatoms. The predicted octanol–water partition coefficient (Wildman–Crippen LogP) is 6.13. The molecule has 156 valence electrons. The number of aromatic hydroxyl groups is 1. The van der Waals surface area contributed by atoms with Crippen LogP contribution in [0.5, 0.6) is 23.0 Å². The van der Waals surface area contributed by atoms with Gasteiger partial charge in [-0.3, -0.25) is 0 Å². The highest BCUT2D eigenvalue weighted by Gasteiger charge is 2.14. The van der Waals surface area contributed by atoms with E-state index in [1.165, 1.54) is 0 Å². The van der Waals surface area contributed by atoms with Gasteiger partial charge in [-0.15, -0.1) is 0 Å². The molecule has 4 aromatic carbocycles. The highest BCUT2D eigenvalue weighted by Crippen LogP contribution is 2.41. The quantitative estimate of drug-likeness (QED) is 0.359. The molecule has 1 N–H and O–H groups in total. The largest absolute Gasteiger partial charge is 0.502 e. The van der Waals surface area contributed by atoms with Crippen molar-refractivity contribution >= 4 is 0 Å². The minimum atomic E-state index is -0.0427. The number of hydrogen-bond acceptors (Lipinski definition) is 4. The van der Waals surface area contributed by atoms with E-state index in [0.717, 1.165) is 16.7 Å². The molecule has 0 bridgehead atoms. The second-order valence-electron chi connectivity index (χ2n) is 7.09. The normalized spacial score (nSPS) is 10.5. The zero-order chi connectivity index (χ0) is 21.3. The zero-order valence-corrected chi connectivity index (χ0v) is 17.1. The van der Waals surface area contributed by atoms with Crippen molar-refractivity contribution in [1.82, 2.24) is 0 Å². The van der Waals surface area contributed by atoms with Crippen molar-refractivity contribution in [1.29, 1.82) is 0 Å². The lowest BCUT2D eigenvalue weighted by molar-refractivity contribution is 0.253. The molecule has 0 heterocycles. The van der Waals surface area contributed by atoms with Gasteiger partial charge in [0.25, 0.3) is 0 Å². The fraction of sp³-hybridized carbons (Fsp3) is 0.111. The first-order valence-corrected chi connectivity index (χ1v) is 10.1. The van der Waals surface area contributed by atoms with Crippen molar-refractivity contribution in [3.8, 4) is 23.0 Å². The molecule has 0 aliphatic rings. The maximum Gasteiger partial charge on any atom is 0.201 e. The molecular formula is C27H24O4. The predicted molar refractivity (Wildman–Crippen MR) is 120 cm³/mol. The summed E-state index contributed by atoms with van der Waals surface area (Å²) in [7, 11) is 0. The Hall–Kier alpha value is -3.92. The number of phenols is 1. The molecule has 0 atom stereocenters. The van der Waals surface area contributed by atoms with Crippen LogP contribution in [0.3, 0.4) is 0 Å². The van der Waals surface area contributed by atoms with Gasteiger partial charge in [0.1, 0.15) is 25.6 Å². The Kier molecular flexibility index (Phi) is 6.71. The molecule has 31 heavy (non-hydrogen) atoms. The number of ether oxygens (including phenoxy) is 3. The summed E-state index contributed by atoms with van der Waals surface area (Å²) >= 11 is 0. The summed E-state index contributed by atoms with van der Waals surface area (Å²) in [4.78, 5) is 0. The fourth-order valence-corrected chi connectivity index (χ4v) is 3.07. The summed E-state index contributed by atoms with van der Waals surface area (Å²) in [6, 6.07) is 32.9. The van der Waals surface area contributed by atoms with Gasteiger partial charge in [0.15, 0.2) is 11.5 Å². The van der Waals surface area contributed by atoms with Crippen LogP contribution >= 0.6 is 0 Å². The minimum Gasteiger partial charge on any atom is -0.502 e. The van der Waals surface area contributed by atoms with E-state index in [1.807, 2.05) is 91.0 Å². The van der Waals surface area contributed by atoms with Gasteiger partial charge in [0.2, 0.25) is 5.75 Å². The van der Waals surface area contributed by atoms with Crippen LogP contribution in [0.15, 0.2) is 103 Å². The van der Waals surface area contributed by atoms with Crippen molar-refractivity contribution in [3.63, 3.8) is 0 Å². The highest BCUT2D eigenvalue weighted by atomic mass is 16.5. The Morgan fingerprint density at radius 3 is 1.23 bits per heavy atom. The topological polar surface area (TPSA) is 47.9 Å². The number of rotatable bonds is 9. The monoisotopic (exact) mass is 412 g/mol. The van der Waals surface area contributed by atoms with Crippen LogP contribution in [0.1, 0.15) is 16.7 Å². The summed E-state index contributed by atoms with van der Waals surface area (Å²) < 4.78 is 17.8. The van der Waals surface area contributed by atoms with Crippen molar-refractivity contribution in [3.05, 3.63) is 120 Å². The van der Waals surface area contributed by atoms with Crippen LogP contribution in [0.4, 0.5) is 0 Å². The number of phenolic OH excluding ortho intramolecular Hbond substituents is 1. The number of benzene rings is 4. The third-order valence-corrected chi connectivity index (χ3v) is 4.74. The SMILES string of the molecule is Oc1c(OCc2ccccc2)cc(OCc2ccccc2)cc1OCc1ccccc1. The standard InChI is InChI=1S/C27H24O4/c28-27-25(30-19-22-12-6-2-7-13-22)16-24(29-18-21-10-4-1-5-11-21)17-26(27)31-20-23-14-8-3-9-15-23/h1-17,28H,18-20H2. The van der Waals surface area contributed by atoms with E-state index in [0.29, 0.717) is 37.1 Å². The van der Waals surface area contributed by atoms with Gasteiger partial charge in [0.05, 0.1) is 0 Å². The summed E-state index contributed by atoms with van der Waals surface area (Å²) in [5.41, 5.74) is 3.06. The van der Waals surface area contributed by atoms with Gasteiger partial charge in [0, 0.05) is 12.1 Å². The summed E-state index contributed by atoms with van der Waals surface area (Å²) in [6.45, 7) is 1.06. The first-order valence-electron chi connectivity index (χ1n) is 10.1. The highest BCUT2D eigenvalue weighted by molar-refractivity contribution is 5.55. The van der Waals surface area contributed by atoms with E-state index in [9.17, 15) is 5.11 Å². The molecule has 0 aliphatic heterocycles. The molecule has 0 radical (unpaired) electrons. The molecule has 0 saturated carbocycles. The second-order valence-corrected chi connectivity index (χ2v) is 7.09. The molecule has 4 rings (SSSR count). The molecule has 0 aromatic heterocycles. The third kappa shape index (κ3) is 5.80. The molecule has 4 nitrogen and oxygen atoms in total. The van der Waals surface area contributed by atoms with Crippen molar-refractivity contribution in [2.45, 2.75) is 19.8 Å². The third-order valence-electron chi connectivity index (χ3n) is 4.74. The Labute approximate surface area is 182 Å². The molecule has 0 aliphatic carbocycles. The van der Waals surface area contributed by atoms with Crippen LogP contribution < -0.4 is 14.2 Å². The fourth-order valence-electron chi connectivity index (χ4n) is 3.07. The summed E-state index contributed by atoms with van der Waals surface area (Å²) in [6.07, 6.45) is 0. The second kappa shape index (κ2) is 10.2. The molecular weight excluding hydrogens is 388 g/mol. The molecule has 4 aromatic rings. The Bertz CT molecular complexity index is 1020. The van der Waals surface area contributed by atoms with Gasteiger partial charge in [-0.2, -0.15) is 0 Å². The lowest BCUT2D eigenvalue weighted by Crippen LogP contribution is -2.01. The zero-order valence-electron chi connectivity index (χ0n) is 17.1. The van der Waals surface area contributed by atoms with Gasteiger partial charge >= 0.3 is 0 Å². The van der Waals surface area contributed by atoms with Crippen molar-refractivity contribution < 1.29 is 19.3 Å². The van der Waals surface area contributed by atoms with Gasteiger partial charge in [-0.25, -0.2) is 0 Å². The molecule has 0 unspecified atom stereocenters. The number of hydrogen-bond donors (Lipinski definition) is 1.